The summed E-state index contributed by atoms with van der Waals surface area (Å²) in [4.78, 5) is 20.8. The first-order valence-corrected chi connectivity index (χ1v) is 12.2. The van der Waals surface area contributed by atoms with Crippen LogP contribution in [-0.4, -0.2) is 55.8 Å². The highest BCUT2D eigenvalue weighted by Crippen LogP contribution is 2.34. The van der Waals surface area contributed by atoms with Gasteiger partial charge in [0.1, 0.15) is 11.5 Å². The number of nitrogens with one attached hydrogen (secondary N) is 1. The smallest absolute Gasteiger partial charge is 0.240 e. The SMILES string of the molecule is COc1ccc(-c2csc(NC(=O)CN(Cc3cccs3)CC3CCCO3)n2)c(OC)c1. The van der Waals surface area contributed by atoms with E-state index in [0.717, 1.165) is 43.8 Å². The molecule has 1 fully saturated rings. The van der Waals surface area contributed by atoms with Gasteiger partial charge >= 0.3 is 0 Å². The monoisotopic (exact) mass is 473 g/mol. The molecule has 3 heterocycles. The maximum Gasteiger partial charge on any atom is 0.240 e. The van der Waals surface area contributed by atoms with Gasteiger partial charge in [-0.15, -0.1) is 22.7 Å². The van der Waals surface area contributed by atoms with Gasteiger partial charge in [0.05, 0.1) is 32.6 Å². The fraction of sp³-hybridized carbons (Fsp3) is 0.391. The van der Waals surface area contributed by atoms with Crippen molar-refractivity contribution >= 4 is 33.7 Å². The Morgan fingerprint density at radius 2 is 2.19 bits per heavy atom. The molecule has 9 heteroatoms. The number of nitrogens with zero attached hydrogens (tertiary/aromatic N) is 2. The molecule has 0 saturated carbocycles. The normalized spacial score (nSPS) is 15.8. The predicted molar refractivity (Wildman–Crippen MR) is 128 cm³/mol. The average Bonchev–Trinajstić information content (AvgIpc) is 3.57. The van der Waals surface area contributed by atoms with Crippen molar-refractivity contribution in [2.75, 3.05) is 39.2 Å². The molecule has 1 atom stereocenters. The number of benzene rings is 1. The lowest BCUT2D eigenvalue weighted by Crippen LogP contribution is -2.37. The van der Waals surface area contributed by atoms with Gasteiger partial charge in [0.2, 0.25) is 5.91 Å². The third-order valence-electron chi connectivity index (χ3n) is 5.25. The number of carbonyl (C=O) groups is 1. The van der Waals surface area contributed by atoms with E-state index < -0.39 is 0 Å². The maximum absolute atomic E-state index is 12.8. The zero-order valence-corrected chi connectivity index (χ0v) is 19.8. The van der Waals surface area contributed by atoms with Crippen molar-refractivity contribution in [1.82, 2.24) is 9.88 Å². The molecular formula is C23H27N3O4S2. The first kappa shape index (κ1) is 22.7. The number of carbonyl (C=O) groups excluding carboxylic acids is 1. The summed E-state index contributed by atoms with van der Waals surface area (Å²) in [5.41, 5.74) is 1.60. The Balaban J connectivity index is 1.41. The fourth-order valence-corrected chi connectivity index (χ4v) is 5.18. The molecule has 0 spiro atoms. The standard InChI is InChI=1S/C23H27N3O4S2/c1-28-16-7-8-19(21(11-16)29-2)20-15-32-23(24-20)25-22(27)14-26(12-17-5-3-9-30-17)13-18-6-4-10-31-18/h4,6-8,10-11,15,17H,3,5,9,12-14H2,1-2H3,(H,24,25,27). The summed E-state index contributed by atoms with van der Waals surface area (Å²) in [5, 5.41) is 7.49. The number of hydrogen-bond acceptors (Lipinski definition) is 8. The van der Waals surface area contributed by atoms with E-state index in [4.69, 9.17) is 14.2 Å². The molecule has 1 aromatic carbocycles. The van der Waals surface area contributed by atoms with Crippen molar-refractivity contribution in [3.8, 4) is 22.8 Å². The molecule has 2 aromatic heterocycles. The van der Waals surface area contributed by atoms with Crippen LogP contribution in [0.3, 0.4) is 0 Å². The molecule has 1 aliphatic rings. The maximum atomic E-state index is 12.8. The first-order valence-electron chi connectivity index (χ1n) is 10.5. The van der Waals surface area contributed by atoms with E-state index in [1.54, 1.807) is 25.6 Å². The summed E-state index contributed by atoms with van der Waals surface area (Å²) in [6.45, 7) is 2.58. The number of anilines is 1. The van der Waals surface area contributed by atoms with E-state index in [-0.39, 0.29) is 12.0 Å². The van der Waals surface area contributed by atoms with Crippen molar-refractivity contribution in [3.05, 3.63) is 46.0 Å². The Kier molecular flexibility index (Phi) is 7.75. The summed E-state index contributed by atoms with van der Waals surface area (Å²) in [6, 6.07) is 9.72. The molecule has 0 radical (unpaired) electrons. The van der Waals surface area contributed by atoms with Gasteiger partial charge in [0.25, 0.3) is 0 Å². The van der Waals surface area contributed by atoms with Crippen LogP contribution in [-0.2, 0) is 16.1 Å². The third-order valence-corrected chi connectivity index (χ3v) is 6.87. The first-order chi connectivity index (χ1) is 15.6. The molecule has 170 valence electrons. The molecule has 0 aliphatic carbocycles. The highest BCUT2D eigenvalue weighted by Gasteiger charge is 2.22. The highest BCUT2D eigenvalue weighted by atomic mass is 32.1. The molecule has 7 nitrogen and oxygen atoms in total. The van der Waals surface area contributed by atoms with Gasteiger partial charge in [-0.3, -0.25) is 9.69 Å². The van der Waals surface area contributed by atoms with Gasteiger partial charge in [0.15, 0.2) is 5.13 Å². The minimum absolute atomic E-state index is 0.0813. The second kappa shape index (κ2) is 10.9. The van der Waals surface area contributed by atoms with Gasteiger partial charge in [-0.1, -0.05) is 6.07 Å². The largest absolute Gasteiger partial charge is 0.497 e. The van der Waals surface area contributed by atoms with Crippen LogP contribution >= 0.6 is 22.7 Å². The highest BCUT2D eigenvalue weighted by molar-refractivity contribution is 7.14. The minimum atomic E-state index is -0.0813. The van der Waals surface area contributed by atoms with Crippen LogP contribution < -0.4 is 14.8 Å². The lowest BCUT2D eigenvalue weighted by Gasteiger charge is -2.23. The summed E-state index contributed by atoms with van der Waals surface area (Å²) in [7, 11) is 3.23. The molecule has 1 N–H and O–H groups in total. The van der Waals surface area contributed by atoms with E-state index in [9.17, 15) is 4.79 Å². The Morgan fingerprint density at radius 3 is 2.91 bits per heavy atom. The number of rotatable bonds is 10. The molecule has 4 rings (SSSR count). The number of methoxy groups -OCH3 is 2. The van der Waals surface area contributed by atoms with Crippen molar-refractivity contribution in [2.24, 2.45) is 0 Å². The van der Waals surface area contributed by atoms with Crippen LogP contribution in [0.2, 0.25) is 0 Å². The Bertz CT molecular complexity index is 1020. The summed E-state index contributed by atoms with van der Waals surface area (Å²) >= 11 is 3.10. The summed E-state index contributed by atoms with van der Waals surface area (Å²) in [5.74, 6) is 1.31. The quantitative estimate of drug-likeness (QED) is 0.467. The van der Waals surface area contributed by atoms with Gasteiger partial charge < -0.3 is 19.5 Å². The molecule has 0 bridgehead atoms. The third kappa shape index (κ3) is 5.86. The van der Waals surface area contributed by atoms with Gasteiger partial charge in [0, 0.05) is 41.6 Å². The lowest BCUT2D eigenvalue weighted by atomic mass is 10.1. The Hall–Kier alpha value is -2.46. The topological polar surface area (TPSA) is 72.9 Å². The number of thiophene rings is 1. The predicted octanol–water partition coefficient (Wildman–Crippen LogP) is 4.51. The zero-order valence-electron chi connectivity index (χ0n) is 18.2. The fourth-order valence-electron chi connectivity index (χ4n) is 3.71. The minimum Gasteiger partial charge on any atom is -0.497 e. The van der Waals surface area contributed by atoms with E-state index >= 15 is 0 Å². The lowest BCUT2D eigenvalue weighted by molar-refractivity contribution is -0.117. The molecule has 1 amide bonds. The molecule has 1 saturated heterocycles. The van der Waals surface area contributed by atoms with Crippen molar-refractivity contribution in [2.45, 2.75) is 25.5 Å². The molecule has 32 heavy (non-hydrogen) atoms. The molecule has 1 aliphatic heterocycles. The van der Waals surface area contributed by atoms with Crippen LogP contribution in [0.15, 0.2) is 41.1 Å². The van der Waals surface area contributed by atoms with E-state index in [2.05, 4.69) is 26.6 Å². The Morgan fingerprint density at radius 1 is 1.28 bits per heavy atom. The van der Waals surface area contributed by atoms with Crippen LogP contribution in [0.25, 0.3) is 11.3 Å². The number of ether oxygens (including phenoxy) is 3. The number of amides is 1. The molecule has 1 unspecified atom stereocenters. The van der Waals surface area contributed by atoms with E-state index in [1.807, 2.05) is 29.6 Å². The van der Waals surface area contributed by atoms with Crippen LogP contribution in [0.1, 0.15) is 17.7 Å². The summed E-state index contributed by atoms with van der Waals surface area (Å²) in [6.07, 6.45) is 2.32. The Labute approximate surface area is 196 Å². The number of aromatic nitrogens is 1. The molecule has 3 aromatic rings. The van der Waals surface area contributed by atoms with Crippen molar-refractivity contribution in [1.29, 1.82) is 0 Å². The van der Waals surface area contributed by atoms with Crippen LogP contribution in [0.5, 0.6) is 11.5 Å². The number of thiazole rings is 1. The van der Waals surface area contributed by atoms with Gasteiger partial charge in [-0.25, -0.2) is 4.98 Å². The van der Waals surface area contributed by atoms with Crippen LogP contribution in [0.4, 0.5) is 5.13 Å². The van der Waals surface area contributed by atoms with Gasteiger partial charge in [-0.05, 0) is 36.4 Å². The van der Waals surface area contributed by atoms with E-state index in [0.29, 0.717) is 23.2 Å². The summed E-state index contributed by atoms with van der Waals surface area (Å²) < 4.78 is 16.5. The van der Waals surface area contributed by atoms with Crippen molar-refractivity contribution < 1.29 is 19.0 Å². The van der Waals surface area contributed by atoms with Gasteiger partial charge in [-0.2, -0.15) is 0 Å². The van der Waals surface area contributed by atoms with Crippen LogP contribution in [0, 0.1) is 0 Å². The second-order valence-electron chi connectivity index (χ2n) is 7.54. The average molecular weight is 474 g/mol. The second-order valence-corrected chi connectivity index (χ2v) is 9.43. The molecular weight excluding hydrogens is 446 g/mol. The van der Waals surface area contributed by atoms with E-state index in [1.165, 1.54) is 16.2 Å². The zero-order chi connectivity index (χ0) is 22.3. The number of hydrogen-bond donors (Lipinski definition) is 1. The van der Waals surface area contributed by atoms with Crippen molar-refractivity contribution in [3.63, 3.8) is 0 Å².